The fraction of sp³-hybridized carbons (Fsp3) is 0.588. The lowest BCUT2D eigenvalue weighted by Crippen LogP contribution is -2.55. The second-order valence-electron chi connectivity index (χ2n) is 6.74. The highest BCUT2D eigenvalue weighted by Crippen LogP contribution is 2.35. The van der Waals surface area contributed by atoms with Crippen molar-refractivity contribution in [2.45, 2.75) is 63.3 Å². The van der Waals surface area contributed by atoms with Crippen molar-refractivity contribution in [3.05, 3.63) is 33.2 Å². The fourth-order valence-electron chi connectivity index (χ4n) is 3.57. The number of hydrogen-bond acceptors (Lipinski definition) is 3. The van der Waals surface area contributed by atoms with Crippen LogP contribution in [-0.2, 0) is 17.6 Å². The molecule has 0 saturated heterocycles. The normalized spacial score (nSPS) is 19.1. The summed E-state index contributed by atoms with van der Waals surface area (Å²) in [6.45, 7) is 0. The molecule has 2 aliphatic rings. The van der Waals surface area contributed by atoms with Gasteiger partial charge >= 0.3 is 5.97 Å². The summed E-state index contributed by atoms with van der Waals surface area (Å²) in [7, 11) is 0. The molecule has 3 rings (SSSR count). The number of pyridine rings is 1. The largest absolute Gasteiger partial charge is 0.481 e. The first kappa shape index (κ1) is 15.8. The van der Waals surface area contributed by atoms with E-state index in [9.17, 15) is 14.4 Å². The van der Waals surface area contributed by atoms with Gasteiger partial charge in [0.1, 0.15) is 5.56 Å². The second kappa shape index (κ2) is 6.18. The van der Waals surface area contributed by atoms with Crippen molar-refractivity contribution in [2.75, 3.05) is 0 Å². The molecule has 0 aliphatic heterocycles. The molecule has 2 aliphatic carbocycles. The first-order valence-corrected chi connectivity index (χ1v) is 8.28. The van der Waals surface area contributed by atoms with Gasteiger partial charge in [0.2, 0.25) is 0 Å². The van der Waals surface area contributed by atoms with Crippen molar-refractivity contribution < 1.29 is 14.7 Å². The summed E-state index contributed by atoms with van der Waals surface area (Å²) in [5.41, 5.74) is 0.999. The predicted octanol–water partition coefficient (Wildman–Crippen LogP) is 1.77. The number of carboxylic acid groups (broad SMARTS) is 1. The Balaban J connectivity index is 1.83. The van der Waals surface area contributed by atoms with Gasteiger partial charge in [-0.1, -0.05) is 6.42 Å². The Morgan fingerprint density at radius 3 is 2.57 bits per heavy atom. The molecule has 0 radical (unpaired) electrons. The molecule has 6 nitrogen and oxygen atoms in total. The molecule has 0 atom stereocenters. The molecular formula is C17H22N2O4. The molecule has 23 heavy (non-hydrogen) atoms. The smallest absolute Gasteiger partial charge is 0.305 e. The number of hydrogen-bond donors (Lipinski definition) is 3. The summed E-state index contributed by atoms with van der Waals surface area (Å²) in [5.74, 6) is -1.39. The van der Waals surface area contributed by atoms with Crippen LogP contribution in [0.15, 0.2) is 10.9 Å². The van der Waals surface area contributed by atoms with E-state index in [2.05, 4.69) is 10.3 Å². The first-order chi connectivity index (χ1) is 11.0. The first-order valence-electron chi connectivity index (χ1n) is 8.28. The quantitative estimate of drug-likeness (QED) is 0.737. The predicted molar refractivity (Wildman–Crippen MR) is 84.6 cm³/mol. The van der Waals surface area contributed by atoms with Crippen LogP contribution >= 0.6 is 0 Å². The minimum atomic E-state index is -0.930. The lowest BCUT2D eigenvalue weighted by Gasteiger charge is -2.41. The summed E-state index contributed by atoms with van der Waals surface area (Å²) in [5, 5.41) is 11.8. The van der Waals surface area contributed by atoms with Gasteiger partial charge in [0.05, 0.1) is 12.0 Å². The van der Waals surface area contributed by atoms with E-state index in [0.717, 1.165) is 49.8 Å². The van der Waals surface area contributed by atoms with E-state index in [0.29, 0.717) is 12.8 Å². The maximum absolute atomic E-state index is 12.5. The second-order valence-corrected chi connectivity index (χ2v) is 6.74. The zero-order valence-corrected chi connectivity index (χ0v) is 13.1. The maximum atomic E-state index is 12.5. The topological polar surface area (TPSA) is 99.3 Å². The number of carboxylic acids is 1. The van der Waals surface area contributed by atoms with Crippen LogP contribution < -0.4 is 10.9 Å². The van der Waals surface area contributed by atoms with Gasteiger partial charge in [-0.2, -0.15) is 0 Å². The van der Waals surface area contributed by atoms with Crippen LogP contribution in [0.1, 0.15) is 66.6 Å². The van der Waals surface area contributed by atoms with Gasteiger partial charge in [-0.15, -0.1) is 0 Å². The molecule has 1 fully saturated rings. The number of rotatable bonds is 4. The van der Waals surface area contributed by atoms with Crippen LogP contribution in [0.25, 0.3) is 0 Å². The van der Waals surface area contributed by atoms with Crippen LogP contribution in [0.5, 0.6) is 0 Å². The van der Waals surface area contributed by atoms with E-state index < -0.39 is 17.4 Å². The van der Waals surface area contributed by atoms with Crippen molar-refractivity contribution in [3.63, 3.8) is 0 Å². The maximum Gasteiger partial charge on any atom is 0.305 e. The SMILES string of the molecule is O=C(O)CC1(NC(=O)c2cc3c([nH]c2=O)CCCCC3)CCC1. The van der Waals surface area contributed by atoms with Crippen molar-refractivity contribution in [3.8, 4) is 0 Å². The number of aromatic amines is 1. The number of amides is 1. The molecule has 1 heterocycles. The molecule has 1 aromatic rings. The number of carbonyl (C=O) groups excluding carboxylic acids is 1. The van der Waals surface area contributed by atoms with Gasteiger partial charge in [-0.05, 0) is 56.6 Å². The van der Waals surface area contributed by atoms with Crippen LogP contribution in [0.2, 0.25) is 0 Å². The standard InChI is InChI=1S/C17H22N2O4/c20-14(21)10-17(7-4-8-17)19-16(23)12-9-11-5-2-1-3-6-13(11)18-15(12)22/h9H,1-8,10H2,(H,18,22)(H,19,23)(H,20,21). The third-order valence-corrected chi connectivity index (χ3v) is 5.01. The summed E-state index contributed by atoms with van der Waals surface area (Å²) in [4.78, 5) is 38.6. The number of nitrogens with one attached hydrogen (secondary N) is 2. The number of aromatic nitrogens is 1. The summed E-state index contributed by atoms with van der Waals surface area (Å²) in [6, 6.07) is 1.70. The Bertz CT molecular complexity index is 688. The Morgan fingerprint density at radius 1 is 1.17 bits per heavy atom. The van der Waals surface area contributed by atoms with Crippen LogP contribution in [-0.4, -0.2) is 27.5 Å². The molecule has 6 heteroatoms. The Labute approximate surface area is 134 Å². The van der Waals surface area contributed by atoms with Gasteiger partial charge in [0, 0.05) is 5.69 Å². The molecule has 0 aromatic carbocycles. The van der Waals surface area contributed by atoms with Crippen LogP contribution in [0.3, 0.4) is 0 Å². The van der Waals surface area contributed by atoms with E-state index in [1.807, 2.05) is 0 Å². The van der Waals surface area contributed by atoms with Crippen molar-refractivity contribution in [1.29, 1.82) is 0 Å². The van der Waals surface area contributed by atoms with E-state index in [1.165, 1.54) is 0 Å². The Morgan fingerprint density at radius 2 is 1.91 bits per heavy atom. The average molecular weight is 318 g/mol. The van der Waals surface area contributed by atoms with E-state index >= 15 is 0 Å². The van der Waals surface area contributed by atoms with Crippen LogP contribution in [0.4, 0.5) is 0 Å². The Hall–Kier alpha value is -2.11. The van der Waals surface area contributed by atoms with E-state index in [4.69, 9.17) is 5.11 Å². The van der Waals surface area contributed by atoms with Gasteiger partial charge in [-0.25, -0.2) is 0 Å². The molecule has 0 spiro atoms. The molecule has 1 saturated carbocycles. The van der Waals surface area contributed by atoms with Crippen molar-refractivity contribution in [2.24, 2.45) is 0 Å². The minimum Gasteiger partial charge on any atom is -0.481 e. The number of H-pyrrole nitrogens is 1. The lowest BCUT2D eigenvalue weighted by atomic mass is 9.74. The molecular weight excluding hydrogens is 296 g/mol. The fourth-order valence-corrected chi connectivity index (χ4v) is 3.57. The summed E-state index contributed by atoms with van der Waals surface area (Å²) >= 11 is 0. The minimum absolute atomic E-state index is 0.0956. The highest BCUT2D eigenvalue weighted by atomic mass is 16.4. The third-order valence-electron chi connectivity index (χ3n) is 5.01. The third kappa shape index (κ3) is 3.30. The monoisotopic (exact) mass is 318 g/mol. The zero-order valence-electron chi connectivity index (χ0n) is 13.1. The number of carbonyl (C=O) groups is 2. The molecule has 1 amide bonds. The number of aliphatic carboxylic acids is 1. The van der Waals surface area contributed by atoms with Gasteiger partial charge in [0.25, 0.3) is 11.5 Å². The van der Waals surface area contributed by atoms with E-state index in [-0.39, 0.29) is 17.5 Å². The Kier molecular flexibility index (Phi) is 4.24. The van der Waals surface area contributed by atoms with Gasteiger partial charge < -0.3 is 15.4 Å². The van der Waals surface area contributed by atoms with Crippen LogP contribution in [0, 0.1) is 0 Å². The number of fused-ring (bicyclic) bond motifs is 1. The molecule has 3 N–H and O–H groups in total. The van der Waals surface area contributed by atoms with Gasteiger partial charge in [0.15, 0.2) is 0 Å². The zero-order chi connectivity index (χ0) is 16.4. The van der Waals surface area contributed by atoms with E-state index in [1.54, 1.807) is 6.07 Å². The van der Waals surface area contributed by atoms with Crippen molar-refractivity contribution in [1.82, 2.24) is 10.3 Å². The highest BCUT2D eigenvalue weighted by molar-refractivity contribution is 5.95. The summed E-state index contributed by atoms with van der Waals surface area (Å²) in [6.07, 6.45) is 7.04. The van der Waals surface area contributed by atoms with Crippen molar-refractivity contribution >= 4 is 11.9 Å². The highest BCUT2D eigenvalue weighted by Gasteiger charge is 2.40. The van der Waals surface area contributed by atoms with Gasteiger partial charge in [-0.3, -0.25) is 14.4 Å². The molecule has 124 valence electrons. The lowest BCUT2D eigenvalue weighted by molar-refractivity contribution is -0.139. The summed E-state index contributed by atoms with van der Waals surface area (Å²) < 4.78 is 0. The number of aryl methyl sites for hydroxylation is 2. The molecule has 1 aromatic heterocycles. The molecule has 0 bridgehead atoms. The molecule has 0 unspecified atom stereocenters. The average Bonchev–Trinajstić information content (AvgIpc) is 2.68.